The molecule has 1 saturated heterocycles. The molecular weight excluding hydrogens is 445 g/mol. The average molecular weight is 466 g/mol. The van der Waals surface area contributed by atoms with E-state index in [-0.39, 0.29) is 34.0 Å². The van der Waals surface area contributed by atoms with Crippen molar-refractivity contribution < 1.29 is 14.7 Å². The monoisotopic (exact) mass is 465 g/mol. The number of phenols is 1. The van der Waals surface area contributed by atoms with E-state index in [1.807, 2.05) is 39.0 Å². The van der Waals surface area contributed by atoms with Crippen LogP contribution in [0, 0.1) is 13.8 Å². The summed E-state index contributed by atoms with van der Waals surface area (Å²) in [5.74, 6) is -0.676. The first-order chi connectivity index (χ1) is 14.2. The van der Waals surface area contributed by atoms with E-state index in [9.17, 15) is 14.7 Å². The Morgan fingerprint density at radius 1 is 1.27 bits per heavy atom. The van der Waals surface area contributed by atoms with Crippen molar-refractivity contribution in [3.8, 4) is 5.75 Å². The minimum Gasteiger partial charge on any atom is -0.505 e. The van der Waals surface area contributed by atoms with Gasteiger partial charge in [-0.25, -0.2) is 4.99 Å². The maximum atomic E-state index is 12.9. The highest BCUT2D eigenvalue weighted by molar-refractivity contribution is 8.15. The van der Waals surface area contributed by atoms with Gasteiger partial charge < -0.3 is 10.4 Å². The van der Waals surface area contributed by atoms with Crippen LogP contribution in [-0.2, 0) is 9.59 Å². The van der Waals surface area contributed by atoms with Crippen molar-refractivity contribution in [2.75, 3.05) is 11.9 Å². The molecule has 0 radical (unpaired) electrons. The molecule has 0 aromatic heterocycles. The lowest BCUT2D eigenvalue weighted by molar-refractivity contribution is -0.129. The van der Waals surface area contributed by atoms with Crippen LogP contribution >= 0.6 is 35.0 Å². The molecule has 2 aromatic rings. The van der Waals surface area contributed by atoms with Gasteiger partial charge in [0.2, 0.25) is 11.8 Å². The van der Waals surface area contributed by atoms with Gasteiger partial charge in [0.25, 0.3) is 0 Å². The quantitative estimate of drug-likeness (QED) is 0.641. The lowest BCUT2D eigenvalue weighted by Crippen LogP contribution is -2.45. The number of aryl methyl sites for hydroxylation is 2. The Balaban J connectivity index is 1.87. The van der Waals surface area contributed by atoms with Crippen LogP contribution in [0.5, 0.6) is 5.75 Å². The highest BCUT2D eigenvalue weighted by atomic mass is 35.5. The zero-order chi connectivity index (χ0) is 22.0. The maximum absolute atomic E-state index is 12.9. The molecule has 30 heavy (non-hydrogen) atoms. The number of thioether (sulfide) groups is 1. The highest BCUT2D eigenvalue weighted by Crippen LogP contribution is 2.37. The second-order valence-electron chi connectivity index (χ2n) is 6.91. The standard InChI is InChI=1S/C21H21Cl2N3O3S/c1-4-26-18(27)10-17(20(29)25-16-6-5-11(2)7-12(16)3)30-21(26)24-13-8-14(22)19(28)15(23)9-13/h5-9,17,28H,4,10H2,1-3H3,(H,25,29)/t17-/m0/s1. The number of amidine groups is 1. The number of amides is 2. The van der Waals surface area contributed by atoms with Gasteiger partial charge in [-0.3, -0.25) is 14.5 Å². The number of benzene rings is 2. The summed E-state index contributed by atoms with van der Waals surface area (Å²) in [6.07, 6.45) is 0.0748. The van der Waals surface area contributed by atoms with E-state index in [0.29, 0.717) is 23.1 Å². The molecule has 1 aliphatic heterocycles. The molecule has 9 heteroatoms. The van der Waals surface area contributed by atoms with Crippen LogP contribution in [0.15, 0.2) is 35.3 Å². The number of rotatable bonds is 4. The first-order valence-corrected chi connectivity index (χ1v) is 10.9. The van der Waals surface area contributed by atoms with E-state index < -0.39 is 5.25 Å². The van der Waals surface area contributed by atoms with Crippen LogP contribution in [-0.4, -0.2) is 38.8 Å². The largest absolute Gasteiger partial charge is 0.505 e. The van der Waals surface area contributed by atoms with Crippen molar-refractivity contribution in [1.82, 2.24) is 4.90 Å². The lowest BCUT2D eigenvalue weighted by atomic mass is 10.1. The number of carbonyl (C=O) groups excluding carboxylic acids is 2. The second kappa shape index (κ2) is 9.29. The summed E-state index contributed by atoms with van der Waals surface area (Å²) in [5, 5.41) is 12.5. The molecule has 2 aromatic carbocycles. The van der Waals surface area contributed by atoms with Gasteiger partial charge in [-0.1, -0.05) is 52.7 Å². The molecule has 3 rings (SSSR count). The summed E-state index contributed by atoms with van der Waals surface area (Å²) >= 11 is 13.2. The van der Waals surface area contributed by atoms with E-state index >= 15 is 0 Å². The molecule has 1 aliphatic rings. The van der Waals surface area contributed by atoms with Crippen LogP contribution in [0.1, 0.15) is 24.5 Å². The summed E-state index contributed by atoms with van der Waals surface area (Å²) in [6, 6.07) is 8.66. The SMILES string of the molecule is CCN1C(=O)C[C@@H](C(=O)Nc2ccc(C)cc2C)SC1=Nc1cc(Cl)c(O)c(Cl)c1. The van der Waals surface area contributed by atoms with Gasteiger partial charge in [-0.2, -0.15) is 0 Å². The lowest BCUT2D eigenvalue weighted by Gasteiger charge is -2.31. The Labute approximate surface area is 189 Å². The molecule has 0 aliphatic carbocycles. The van der Waals surface area contributed by atoms with Gasteiger partial charge in [0.05, 0.1) is 15.7 Å². The fourth-order valence-electron chi connectivity index (χ4n) is 3.05. The summed E-state index contributed by atoms with van der Waals surface area (Å²) in [4.78, 5) is 31.5. The molecule has 0 spiro atoms. The molecular formula is C21H21Cl2N3O3S. The summed E-state index contributed by atoms with van der Waals surface area (Å²) in [6.45, 7) is 6.15. The van der Waals surface area contributed by atoms with Crippen molar-refractivity contribution >= 4 is 63.3 Å². The molecule has 6 nitrogen and oxygen atoms in total. The molecule has 0 saturated carbocycles. The fraction of sp³-hybridized carbons (Fsp3) is 0.286. The number of hydrogen-bond donors (Lipinski definition) is 2. The predicted octanol–water partition coefficient (Wildman–Crippen LogP) is 5.30. The zero-order valence-electron chi connectivity index (χ0n) is 16.7. The fourth-order valence-corrected chi connectivity index (χ4v) is 4.68. The third-order valence-corrected chi connectivity index (χ3v) is 6.38. The van der Waals surface area contributed by atoms with Crippen molar-refractivity contribution in [2.24, 2.45) is 4.99 Å². The van der Waals surface area contributed by atoms with E-state index in [0.717, 1.165) is 11.1 Å². The molecule has 0 bridgehead atoms. The second-order valence-corrected chi connectivity index (χ2v) is 8.89. The number of nitrogens with zero attached hydrogens (tertiary/aromatic N) is 2. The van der Waals surface area contributed by atoms with E-state index in [1.54, 1.807) is 0 Å². The Morgan fingerprint density at radius 3 is 2.53 bits per heavy atom. The maximum Gasteiger partial charge on any atom is 0.238 e. The van der Waals surface area contributed by atoms with E-state index in [2.05, 4.69) is 10.3 Å². The van der Waals surface area contributed by atoms with E-state index in [1.165, 1.54) is 28.8 Å². The van der Waals surface area contributed by atoms with E-state index in [4.69, 9.17) is 23.2 Å². The van der Waals surface area contributed by atoms with Crippen molar-refractivity contribution in [3.05, 3.63) is 51.5 Å². The Morgan fingerprint density at radius 2 is 1.93 bits per heavy atom. The van der Waals surface area contributed by atoms with Crippen LogP contribution in [0.2, 0.25) is 10.0 Å². The third kappa shape index (κ3) is 4.91. The summed E-state index contributed by atoms with van der Waals surface area (Å²) in [7, 11) is 0. The van der Waals surface area contributed by atoms with Crippen LogP contribution in [0.3, 0.4) is 0 Å². The van der Waals surface area contributed by atoms with Crippen molar-refractivity contribution in [3.63, 3.8) is 0 Å². The van der Waals surface area contributed by atoms with Gasteiger partial charge in [-0.05, 0) is 44.5 Å². The van der Waals surface area contributed by atoms with Crippen LogP contribution in [0.4, 0.5) is 11.4 Å². The van der Waals surface area contributed by atoms with Crippen molar-refractivity contribution in [2.45, 2.75) is 32.4 Å². The number of aromatic hydroxyl groups is 1. The summed E-state index contributed by atoms with van der Waals surface area (Å²) in [5.41, 5.74) is 3.15. The first-order valence-electron chi connectivity index (χ1n) is 9.31. The summed E-state index contributed by atoms with van der Waals surface area (Å²) < 4.78 is 0. The molecule has 0 unspecified atom stereocenters. The normalized spacial score (nSPS) is 18.0. The number of aliphatic imine (C=N–C) groups is 1. The predicted molar refractivity (Wildman–Crippen MR) is 123 cm³/mol. The molecule has 1 heterocycles. The molecule has 158 valence electrons. The number of anilines is 1. The number of carbonyl (C=O) groups is 2. The Bertz CT molecular complexity index is 1020. The number of nitrogens with one attached hydrogen (secondary N) is 1. The Kier molecular flexibility index (Phi) is 6.95. The van der Waals surface area contributed by atoms with Gasteiger partial charge in [0.1, 0.15) is 5.25 Å². The molecule has 2 N–H and O–H groups in total. The zero-order valence-corrected chi connectivity index (χ0v) is 19.0. The first kappa shape index (κ1) is 22.5. The van der Waals surface area contributed by atoms with Gasteiger partial charge in [-0.15, -0.1) is 0 Å². The molecule has 2 amide bonds. The minimum atomic E-state index is -0.622. The smallest absolute Gasteiger partial charge is 0.238 e. The third-order valence-electron chi connectivity index (χ3n) is 4.61. The minimum absolute atomic E-state index is 0.0566. The van der Waals surface area contributed by atoms with Crippen molar-refractivity contribution in [1.29, 1.82) is 0 Å². The van der Waals surface area contributed by atoms with Crippen LogP contribution in [0.25, 0.3) is 0 Å². The molecule has 1 atom stereocenters. The van der Waals surface area contributed by atoms with Gasteiger partial charge in [0.15, 0.2) is 10.9 Å². The Hall–Kier alpha value is -2.22. The highest BCUT2D eigenvalue weighted by Gasteiger charge is 2.35. The van der Waals surface area contributed by atoms with Gasteiger partial charge in [0, 0.05) is 18.7 Å². The number of phenolic OH excluding ortho intramolecular Hbond substituents is 1. The molecule has 1 fully saturated rings. The van der Waals surface area contributed by atoms with Gasteiger partial charge >= 0.3 is 0 Å². The number of halogens is 2. The number of hydrogen-bond acceptors (Lipinski definition) is 5. The average Bonchev–Trinajstić information content (AvgIpc) is 2.68. The van der Waals surface area contributed by atoms with Crippen LogP contribution < -0.4 is 5.32 Å². The topological polar surface area (TPSA) is 82.0 Å².